The van der Waals surface area contributed by atoms with Crippen LogP contribution in [0.5, 0.6) is 0 Å². The number of carbonyl (C=O) groups excluding carboxylic acids is 2. The van der Waals surface area contributed by atoms with Gasteiger partial charge in [-0.05, 0) is 57.8 Å². The summed E-state index contributed by atoms with van der Waals surface area (Å²) in [5.74, 6) is -2.44. The number of phosphoric acid groups is 1. The van der Waals surface area contributed by atoms with E-state index >= 15 is 0 Å². The maximum atomic E-state index is 12.6. The van der Waals surface area contributed by atoms with Crippen LogP contribution in [0.15, 0.2) is 60.8 Å². The van der Waals surface area contributed by atoms with E-state index in [-0.39, 0.29) is 19.4 Å². The van der Waals surface area contributed by atoms with Crippen molar-refractivity contribution in [3.63, 3.8) is 0 Å². The van der Waals surface area contributed by atoms with Crippen LogP contribution in [0, 0.1) is 0 Å². The van der Waals surface area contributed by atoms with Crippen molar-refractivity contribution < 1.29 is 47.5 Å². The molecule has 0 fully saturated rings. The summed E-state index contributed by atoms with van der Waals surface area (Å²) in [5.41, 5.74) is 5.32. The number of phosphoric ester groups is 1. The summed E-state index contributed by atoms with van der Waals surface area (Å²) in [7, 11) is -4.73. The van der Waals surface area contributed by atoms with Crippen LogP contribution in [-0.2, 0) is 37.5 Å². The Hall–Kier alpha value is -2.82. The fraction of sp³-hybridized carbons (Fsp3) is 0.690. The van der Waals surface area contributed by atoms with Crippen molar-refractivity contribution in [1.82, 2.24) is 0 Å². The molecule has 310 valence electrons. The molecule has 0 aliphatic heterocycles. The molecule has 0 heterocycles. The second kappa shape index (κ2) is 37.1. The Kier molecular flexibility index (Phi) is 35.2. The highest BCUT2D eigenvalue weighted by Crippen LogP contribution is 2.43. The van der Waals surface area contributed by atoms with Crippen LogP contribution in [0.1, 0.15) is 155 Å². The molecule has 2 unspecified atom stereocenters. The normalized spacial score (nSPS) is 14.4. The number of nitrogens with two attached hydrogens (primary N) is 1. The van der Waals surface area contributed by atoms with Gasteiger partial charge in [-0.15, -0.1) is 0 Å². The first-order valence-corrected chi connectivity index (χ1v) is 21.9. The molecule has 0 aliphatic rings. The zero-order valence-electron chi connectivity index (χ0n) is 33.3. The Labute approximate surface area is 326 Å². The number of aliphatic carboxylic acids is 1. The molecule has 4 N–H and O–H groups in total. The zero-order chi connectivity index (χ0) is 40.0. The Morgan fingerprint density at radius 3 is 1.63 bits per heavy atom. The number of ether oxygens (including phenoxy) is 2. The minimum atomic E-state index is -4.73. The van der Waals surface area contributed by atoms with Gasteiger partial charge >= 0.3 is 25.7 Å². The maximum absolute atomic E-state index is 12.6. The van der Waals surface area contributed by atoms with E-state index in [1.54, 1.807) is 0 Å². The van der Waals surface area contributed by atoms with Gasteiger partial charge < -0.3 is 25.2 Å². The number of carboxylic acids is 1. The molecule has 54 heavy (non-hydrogen) atoms. The Balaban J connectivity index is 4.45. The average Bonchev–Trinajstić information content (AvgIpc) is 3.14. The van der Waals surface area contributed by atoms with Crippen LogP contribution >= 0.6 is 7.82 Å². The number of carbonyl (C=O) groups is 3. The Morgan fingerprint density at radius 2 is 1.06 bits per heavy atom. The average molecular weight is 782 g/mol. The Morgan fingerprint density at radius 1 is 0.593 bits per heavy atom. The zero-order valence-corrected chi connectivity index (χ0v) is 34.2. The summed E-state index contributed by atoms with van der Waals surface area (Å²) >= 11 is 0. The quantitative estimate of drug-likeness (QED) is 0.0180. The van der Waals surface area contributed by atoms with Gasteiger partial charge in [-0.25, -0.2) is 4.57 Å². The molecule has 0 aliphatic carbocycles. The standard InChI is InChI=1S/C42H72NO10P/c1-3-5-7-9-11-13-15-17-18-19-20-22-23-25-27-29-31-33-40(44)50-35-38(36-51-54(48,49)52-37-39(43)42(46)47)53-41(45)34-32-30-28-26-24-21-16-14-12-10-8-6-4-2/h6,8,10,12,14,16-18,21,24,38-39H,3-5,7,9,11,13,15,19-20,22-23,25-37,43H2,1-2H3,(H,46,47)(H,48,49)/b8-6+,12-10+,16-14+,18-17+,24-21+/t38?,39-/m0/s1. The SMILES string of the molecule is CC/C=C/C=C/C=C/C=C/CCCCCC(=O)OC(COC(=O)CCCCCCCCC/C=C/CCCCCCCC)COP(=O)(O)OC[C@H](N)C(=O)O. The number of allylic oxidation sites excluding steroid dienone is 10. The van der Waals surface area contributed by atoms with Gasteiger partial charge in [0.15, 0.2) is 6.10 Å². The number of rotatable bonds is 37. The van der Waals surface area contributed by atoms with Crippen molar-refractivity contribution in [1.29, 1.82) is 0 Å². The van der Waals surface area contributed by atoms with Gasteiger partial charge in [0.05, 0.1) is 13.2 Å². The first-order valence-electron chi connectivity index (χ1n) is 20.4. The van der Waals surface area contributed by atoms with Gasteiger partial charge in [-0.3, -0.25) is 23.4 Å². The molecular formula is C42H72NO10P. The third kappa shape index (κ3) is 36.2. The van der Waals surface area contributed by atoms with E-state index < -0.39 is 51.1 Å². The number of unbranched alkanes of at least 4 members (excludes halogenated alkanes) is 16. The molecule has 0 saturated carbocycles. The third-order valence-electron chi connectivity index (χ3n) is 8.34. The predicted molar refractivity (Wildman–Crippen MR) is 217 cm³/mol. The molecule has 3 atom stereocenters. The lowest BCUT2D eigenvalue weighted by Gasteiger charge is -2.20. The lowest BCUT2D eigenvalue weighted by molar-refractivity contribution is -0.161. The molecule has 0 bridgehead atoms. The van der Waals surface area contributed by atoms with Crippen molar-refractivity contribution in [2.24, 2.45) is 5.73 Å². The minimum absolute atomic E-state index is 0.112. The van der Waals surface area contributed by atoms with E-state index in [1.165, 1.54) is 64.2 Å². The minimum Gasteiger partial charge on any atom is -0.480 e. The molecule has 11 nitrogen and oxygen atoms in total. The fourth-order valence-electron chi connectivity index (χ4n) is 5.13. The number of hydrogen-bond acceptors (Lipinski definition) is 9. The molecule has 0 saturated heterocycles. The number of hydrogen-bond donors (Lipinski definition) is 3. The smallest absolute Gasteiger partial charge is 0.472 e. The summed E-state index contributed by atoms with van der Waals surface area (Å²) in [6, 6.07) is -1.53. The summed E-state index contributed by atoms with van der Waals surface area (Å²) in [4.78, 5) is 45.8. The van der Waals surface area contributed by atoms with E-state index in [0.717, 1.165) is 51.4 Å². The van der Waals surface area contributed by atoms with Crippen LogP contribution in [0.4, 0.5) is 0 Å². The summed E-state index contributed by atoms with van der Waals surface area (Å²) < 4.78 is 32.6. The Bertz CT molecular complexity index is 1150. The first kappa shape index (κ1) is 51.2. The molecule has 0 radical (unpaired) electrons. The highest BCUT2D eigenvalue weighted by atomic mass is 31.2. The van der Waals surface area contributed by atoms with E-state index in [4.69, 9.17) is 24.8 Å². The third-order valence-corrected chi connectivity index (χ3v) is 9.29. The van der Waals surface area contributed by atoms with Crippen molar-refractivity contribution in [2.45, 2.75) is 167 Å². The highest BCUT2D eigenvalue weighted by Gasteiger charge is 2.28. The van der Waals surface area contributed by atoms with Crippen molar-refractivity contribution in [2.75, 3.05) is 19.8 Å². The molecule has 0 amide bonds. The summed E-state index contributed by atoms with van der Waals surface area (Å²) in [5, 5.41) is 8.87. The van der Waals surface area contributed by atoms with E-state index in [9.17, 15) is 23.8 Å². The molecule has 0 rings (SSSR count). The maximum Gasteiger partial charge on any atom is 0.472 e. The number of esters is 2. The van der Waals surface area contributed by atoms with Crippen molar-refractivity contribution in [3.8, 4) is 0 Å². The predicted octanol–water partition coefficient (Wildman–Crippen LogP) is 10.4. The van der Waals surface area contributed by atoms with Crippen LogP contribution in [0.3, 0.4) is 0 Å². The molecular weight excluding hydrogens is 709 g/mol. The van der Waals surface area contributed by atoms with E-state index in [0.29, 0.717) is 12.8 Å². The van der Waals surface area contributed by atoms with Crippen molar-refractivity contribution >= 4 is 25.7 Å². The molecule has 0 spiro atoms. The fourth-order valence-corrected chi connectivity index (χ4v) is 5.91. The topological polar surface area (TPSA) is 172 Å². The number of carboxylic acid groups (broad SMARTS) is 1. The second-order valence-corrected chi connectivity index (χ2v) is 14.9. The molecule has 12 heteroatoms. The van der Waals surface area contributed by atoms with Gasteiger partial charge in [0.1, 0.15) is 12.6 Å². The lowest BCUT2D eigenvalue weighted by Crippen LogP contribution is -2.34. The van der Waals surface area contributed by atoms with Crippen LogP contribution in [0.2, 0.25) is 0 Å². The van der Waals surface area contributed by atoms with Gasteiger partial charge in [0, 0.05) is 12.8 Å². The summed E-state index contributed by atoms with van der Waals surface area (Å²) in [6.45, 7) is 2.59. The highest BCUT2D eigenvalue weighted by molar-refractivity contribution is 7.47. The van der Waals surface area contributed by atoms with Crippen LogP contribution in [0.25, 0.3) is 0 Å². The summed E-state index contributed by atoms with van der Waals surface area (Å²) in [6.07, 6.45) is 41.5. The van der Waals surface area contributed by atoms with E-state index in [1.807, 2.05) is 36.5 Å². The van der Waals surface area contributed by atoms with Gasteiger partial charge in [-0.1, -0.05) is 145 Å². The van der Waals surface area contributed by atoms with Gasteiger partial charge in [-0.2, -0.15) is 0 Å². The largest absolute Gasteiger partial charge is 0.480 e. The first-order chi connectivity index (χ1) is 26.1. The van der Waals surface area contributed by atoms with Gasteiger partial charge in [0.25, 0.3) is 0 Å². The van der Waals surface area contributed by atoms with Gasteiger partial charge in [0.2, 0.25) is 0 Å². The molecule has 0 aromatic heterocycles. The van der Waals surface area contributed by atoms with Crippen LogP contribution < -0.4 is 5.73 Å². The second-order valence-electron chi connectivity index (χ2n) is 13.5. The van der Waals surface area contributed by atoms with Crippen molar-refractivity contribution in [3.05, 3.63) is 60.8 Å². The molecule has 0 aromatic carbocycles. The molecule has 0 aromatic rings. The lowest BCUT2D eigenvalue weighted by atomic mass is 10.1. The van der Waals surface area contributed by atoms with Crippen LogP contribution in [-0.4, -0.2) is 59.9 Å². The van der Waals surface area contributed by atoms with E-state index in [2.05, 4.69) is 42.7 Å². The monoisotopic (exact) mass is 781 g/mol.